The predicted molar refractivity (Wildman–Crippen MR) is 104 cm³/mol. The van der Waals surface area contributed by atoms with Gasteiger partial charge in [-0.2, -0.15) is 5.10 Å². The average Bonchev–Trinajstić information content (AvgIpc) is 3.36. The van der Waals surface area contributed by atoms with E-state index in [4.69, 9.17) is 4.74 Å². The van der Waals surface area contributed by atoms with Crippen molar-refractivity contribution in [2.24, 2.45) is 0 Å². The van der Waals surface area contributed by atoms with E-state index in [0.29, 0.717) is 31.9 Å². The monoisotopic (exact) mass is 378 g/mol. The first-order valence-corrected chi connectivity index (χ1v) is 9.75. The second kappa shape index (κ2) is 6.91. The Morgan fingerprint density at radius 3 is 3.14 bits per heavy atom. The van der Waals surface area contributed by atoms with E-state index >= 15 is 0 Å². The van der Waals surface area contributed by atoms with Gasteiger partial charge in [0.25, 0.3) is 11.5 Å². The molecule has 144 valence electrons. The largest absolute Gasteiger partial charge is 0.376 e. The third-order valence-corrected chi connectivity index (χ3v) is 5.73. The Kier molecular flexibility index (Phi) is 4.24. The lowest BCUT2D eigenvalue weighted by Crippen LogP contribution is -2.41. The summed E-state index contributed by atoms with van der Waals surface area (Å²) in [4.78, 5) is 30.6. The molecule has 1 unspecified atom stereocenters. The molecule has 4 heterocycles. The lowest BCUT2D eigenvalue weighted by atomic mass is 10.1. The van der Waals surface area contributed by atoms with Crippen molar-refractivity contribution < 1.29 is 9.53 Å². The minimum Gasteiger partial charge on any atom is -0.376 e. The highest BCUT2D eigenvalue weighted by Gasteiger charge is 2.30. The van der Waals surface area contributed by atoms with Crippen molar-refractivity contribution >= 4 is 16.8 Å². The van der Waals surface area contributed by atoms with Crippen LogP contribution in [0.5, 0.6) is 0 Å². The lowest BCUT2D eigenvalue weighted by molar-refractivity contribution is 0.0719. The van der Waals surface area contributed by atoms with E-state index < -0.39 is 0 Å². The number of nitrogens with zero attached hydrogens (tertiary/aromatic N) is 3. The first kappa shape index (κ1) is 17.2. The molecule has 28 heavy (non-hydrogen) atoms. The normalized spacial score (nSPS) is 19.1. The quantitative estimate of drug-likeness (QED) is 0.757. The van der Waals surface area contributed by atoms with Crippen LogP contribution in [0.2, 0.25) is 0 Å². The van der Waals surface area contributed by atoms with E-state index in [1.54, 1.807) is 6.07 Å². The van der Waals surface area contributed by atoms with E-state index in [0.717, 1.165) is 41.4 Å². The van der Waals surface area contributed by atoms with Gasteiger partial charge in [0.05, 0.1) is 31.5 Å². The second-order valence-corrected chi connectivity index (χ2v) is 7.51. The number of ether oxygens (including phenoxy) is 1. The fourth-order valence-electron chi connectivity index (χ4n) is 4.23. The lowest BCUT2D eigenvalue weighted by Gasteiger charge is -2.26. The number of aromatic amines is 1. The van der Waals surface area contributed by atoms with Crippen molar-refractivity contribution in [3.8, 4) is 0 Å². The summed E-state index contributed by atoms with van der Waals surface area (Å²) in [5.41, 5.74) is 3.38. The van der Waals surface area contributed by atoms with Gasteiger partial charge in [-0.25, -0.2) is 4.68 Å². The highest BCUT2D eigenvalue weighted by atomic mass is 16.5. The van der Waals surface area contributed by atoms with E-state index in [1.165, 1.54) is 4.68 Å². The highest BCUT2D eigenvalue weighted by Crippen LogP contribution is 2.23. The summed E-state index contributed by atoms with van der Waals surface area (Å²) in [6.45, 7) is 2.23. The summed E-state index contributed by atoms with van der Waals surface area (Å²) in [5.74, 6) is 0.0185. The van der Waals surface area contributed by atoms with Crippen LogP contribution >= 0.6 is 0 Å². The molecule has 0 spiro atoms. The Balaban J connectivity index is 1.39. The molecule has 2 aliphatic rings. The summed E-state index contributed by atoms with van der Waals surface area (Å²) >= 11 is 0. The van der Waals surface area contributed by atoms with Crippen LogP contribution in [0.25, 0.3) is 10.9 Å². The number of nitrogens with one attached hydrogen (secondary N) is 1. The zero-order valence-corrected chi connectivity index (χ0v) is 15.6. The smallest absolute Gasteiger partial charge is 0.267 e. The van der Waals surface area contributed by atoms with Gasteiger partial charge in [-0.3, -0.25) is 9.59 Å². The fraction of sp³-hybridized carbons (Fsp3) is 0.381. The molecule has 3 aromatic rings. The molecule has 0 bridgehead atoms. The molecule has 1 N–H and O–H groups in total. The molecular weight excluding hydrogens is 356 g/mol. The molecule has 5 rings (SSSR count). The third kappa shape index (κ3) is 3.01. The summed E-state index contributed by atoms with van der Waals surface area (Å²) in [6, 6.07) is 9.30. The number of amides is 1. The third-order valence-electron chi connectivity index (χ3n) is 5.73. The van der Waals surface area contributed by atoms with Crippen LogP contribution in [0, 0.1) is 0 Å². The number of rotatable bonds is 3. The molecule has 2 aliphatic heterocycles. The Hall–Kier alpha value is -2.93. The highest BCUT2D eigenvalue weighted by molar-refractivity contribution is 5.98. The second-order valence-electron chi connectivity index (χ2n) is 7.51. The van der Waals surface area contributed by atoms with Crippen molar-refractivity contribution in [2.45, 2.75) is 38.5 Å². The van der Waals surface area contributed by atoms with Gasteiger partial charge in [0, 0.05) is 47.3 Å². The first-order valence-electron chi connectivity index (χ1n) is 9.75. The number of aromatic nitrogens is 3. The molecule has 2 aromatic heterocycles. The van der Waals surface area contributed by atoms with Gasteiger partial charge < -0.3 is 14.6 Å². The zero-order valence-electron chi connectivity index (χ0n) is 15.6. The van der Waals surface area contributed by atoms with Gasteiger partial charge in [0.2, 0.25) is 0 Å². The van der Waals surface area contributed by atoms with Gasteiger partial charge in [-0.15, -0.1) is 0 Å². The fourth-order valence-corrected chi connectivity index (χ4v) is 4.23. The van der Waals surface area contributed by atoms with Gasteiger partial charge >= 0.3 is 0 Å². The molecule has 1 amide bonds. The molecule has 0 saturated carbocycles. The van der Waals surface area contributed by atoms with Crippen molar-refractivity contribution in [1.82, 2.24) is 19.7 Å². The van der Waals surface area contributed by atoms with Gasteiger partial charge in [-0.05, 0) is 37.1 Å². The van der Waals surface area contributed by atoms with E-state index in [2.05, 4.69) is 10.1 Å². The van der Waals surface area contributed by atoms with Gasteiger partial charge in [0.1, 0.15) is 0 Å². The van der Waals surface area contributed by atoms with Crippen LogP contribution in [0.1, 0.15) is 34.5 Å². The standard InChI is InChI=1S/C21H22N4O3/c26-20-11-16-13-28-9-6-19(16)23-25(20)12-17-2-1-8-24(17)21(27)15-3-4-18-14(10-15)5-7-22-18/h3-5,7,10-11,17,22H,1-2,6,8-9,12-13H2. The molecule has 1 fully saturated rings. The number of hydrogen-bond acceptors (Lipinski definition) is 4. The maximum absolute atomic E-state index is 13.1. The molecule has 7 nitrogen and oxygen atoms in total. The molecule has 0 aliphatic carbocycles. The number of carbonyl (C=O) groups is 1. The molecular formula is C21H22N4O3. The van der Waals surface area contributed by atoms with E-state index in [1.807, 2.05) is 35.4 Å². The number of likely N-dealkylation sites (tertiary alicyclic amines) is 1. The maximum Gasteiger partial charge on any atom is 0.267 e. The molecule has 0 radical (unpaired) electrons. The SMILES string of the molecule is O=C(c1ccc2[nH]ccc2c1)N1CCCC1Cn1nc2c(cc1=O)COCC2. The van der Waals surface area contributed by atoms with Crippen LogP contribution in [-0.4, -0.2) is 44.8 Å². The maximum atomic E-state index is 13.1. The van der Waals surface area contributed by atoms with Crippen LogP contribution in [0.3, 0.4) is 0 Å². The number of carbonyl (C=O) groups excluding carboxylic acids is 1. The minimum atomic E-state index is -0.128. The zero-order chi connectivity index (χ0) is 19.1. The number of fused-ring (bicyclic) bond motifs is 2. The van der Waals surface area contributed by atoms with Crippen LogP contribution in [0.4, 0.5) is 0 Å². The number of H-pyrrole nitrogens is 1. The van der Waals surface area contributed by atoms with Gasteiger partial charge in [0.15, 0.2) is 0 Å². The minimum absolute atomic E-state index is 0.0162. The van der Waals surface area contributed by atoms with Crippen molar-refractivity contribution in [3.63, 3.8) is 0 Å². The summed E-state index contributed by atoms with van der Waals surface area (Å²) in [7, 11) is 0. The molecule has 1 aromatic carbocycles. The topological polar surface area (TPSA) is 80.2 Å². The van der Waals surface area contributed by atoms with Crippen molar-refractivity contribution in [1.29, 1.82) is 0 Å². The van der Waals surface area contributed by atoms with Crippen LogP contribution < -0.4 is 5.56 Å². The summed E-state index contributed by atoms with van der Waals surface area (Å²) in [6.07, 6.45) is 4.42. The predicted octanol–water partition coefficient (Wildman–Crippen LogP) is 2.10. The Bertz CT molecular complexity index is 1100. The molecule has 7 heteroatoms. The Labute approximate surface area is 161 Å². The Morgan fingerprint density at radius 2 is 2.21 bits per heavy atom. The van der Waals surface area contributed by atoms with Crippen LogP contribution in [0.15, 0.2) is 41.3 Å². The van der Waals surface area contributed by atoms with E-state index in [-0.39, 0.29) is 17.5 Å². The van der Waals surface area contributed by atoms with Crippen molar-refractivity contribution in [3.05, 3.63) is 63.7 Å². The number of hydrogen-bond donors (Lipinski definition) is 1. The van der Waals surface area contributed by atoms with Crippen LogP contribution in [-0.2, 0) is 24.3 Å². The summed E-state index contributed by atoms with van der Waals surface area (Å²) < 4.78 is 6.93. The molecule has 1 atom stereocenters. The summed E-state index contributed by atoms with van der Waals surface area (Å²) in [5, 5.41) is 5.58. The van der Waals surface area contributed by atoms with E-state index in [9.17, 15) is 9.59 Å². The first-order chi connectivity index (χ1) is 13.7. The Morgan fingerprint density at radius 1 is 1.29 bits per heavy atom. The van der Waals surface area contributed by atoms with Gasteiger partial charge in [-0.1, -0.05) is 0 Å². The average molecular weight is 378 g/mol. The van der Waals surface area contributed by atoms with Crippen molar-refractivity contribution in [2.75, 3.05) is 13.2 Å². The molecule has 1 saturated heterocycles. The number of benzene rings is 1.